The Kier molecular flexibility index (Phi) is 4.49. The molecule has 0 bridgehead atoms. The van der Waals surface area contributed by atoms with Crippen molar-refractivity contribution in [3.8, 4) is 5.75 Å². The monoisotopic (exact) mass is 290 g/mol. The second-order valence-electron chi connectivity index (χ2n) is 5.33. The maximum absolute atomic E-state index is 12.8. The molecule has 0 aliphatic carbocycles. The molecule has 6 heteroatoms. The molecule has 0 fully saturated rings. The van der Waals surface area contributed by atoms with Crippen LogP contribution in [0.25, 0.3) is 0 Å². The molecule has 0 aromatic heterocycles. The molecule has 1 rings (SSSR count). The van der Waals surface area contributed by atoms with Crippen molar-refractivity contribution in [3.05, 3.63) is 29.8 Å². The summed E-state index contributed by atoms with van der Waals surface area (Å²) in [6.07, 6.45) is -6.20. The SMILES string of the molecule is COc1ccc(C(C)(C)C[C@](O)(C=O)C(F)(F)F)cc1. The molecule has 3 nitrogen and oxygen atoms in total. The Labute approximate surface area is 115 Å². The van der Waals surface area contributed by atoms with E-state index >= 15 is 0 Å². The molecule has 0 aliphatic rings. The Balaban J connectivity index is 3.06. The Morgan fingerprint density at radius 3 is 2.05 bits per heavy atom. The summed E-state index contributed by atoms with van der Waals surface area (Å²) in [5, 5.41) is 9.54. The average molecular weight is 290 g/mol. The van der Waals surface area contributed by atoms with Gasteiger partial charge in [-0.3, -0.25) is 4.79 Å². The van der Waals surface area contributed by atoms with Gasteiger partial charge in [0.25, 0.3) is 0 Å². The van der Waals surface area contributed by atoms with E-state index in [0.717, 1.165) is 0 Å². The van der Waals surface area contributed by atoms with E-state index in [1.54, 1.807) is 24.3 Å². The number of hydrogen-bond donors (Lipinski definition) is 1. The van der Waals surface area contributed by atoms with Crippen LogP contribution in [0.5, 0.6) is 5.75 Å². The van der Waals surface area contributed by atoms with Crippen molar-refractivity contribution in [2.45, 2.75) is 37.5 Å². The van der Waals surface area contributed by atoms with E-state index in [9.17, 15) is 23.1 Å². The van der Waals surface area contributed by atoms with Gasteiger partial charge < -0.3 is 9.84 Å². The third kappa shape index (κ3) is 3.30. The largest absolute Gasteiger partial charge is 0.497 e. The lowest BCUT2D eigenvalue weighted by Gasteiger charge is -2.34. The Bertz CT molecular complexity index is 466. The molecule has 1 atom stereocenters. The van der Waals surface area contributed by atoms with Crippen molar-refractivity contribution in [2.75, 3.05) is 7.11 Å². The van der Waals surface area contributed by atoms with E-state index in [2.05, 4.69) is 0 Å². The second kappa shape index (κ2) is 5.44. The molecule has 0 spiro atoms. The number of carbonyl (C=O) groups is 1. The summed E-state index contributed by atoms with van der Waals surface area (Å²) in [6.45, 7) is 3.07. The van der Waals surface area contributed by atoms with Crippen molar-refractivity contribution in [1.29, 1.82) is 0 Å². The summed E-state index contributed by atoms with van der Waals surface area (Å²) in [5.41, 5.74) is -3.81. The van der Waals surface area contributed by atoms with Gasteiger partial charge in [-0.15, -0.1) is 0 Å². The number of carbonyl (C=O) groups excluding carboxylic acids is 1. The lowest BCUT2D eigenvalue weighted by Crippen LogP contribution is -2.50. The highest BCUT2D eigenvalue weighted by atomic mass is 19.4. The van der Waals surface area contributed by atoms with Gasteiger partial charge in [0, 0.05) is 6.42 Å². The first-order valence-electron chi connectivity index (χ1n) is 5.96. The second-order valence-corrected chi connectivity index (χ2v) is 5.33. The number of methoxy groups -OCH3 is 1. The van der Waals surface area contributed by atoms with Crippen LogP contribution in [0.3, 0.4) is 0 Å². The van der Waals surface area contributed by atoms with Crippen molar-refractivity contribution >= 4 is 6.29 Å². The molecule has 0 heterocycles. The van der Waals surface area contributed by atoms with Gasteiger partial charge in [0.1, 0.15) is 5.75 Å². The first-order chi connectivity index (χ1) is 9.05. The topological polar surface area (TPSA) is 46.5 Å². The zero-order chi connectivity index (χ0) is 15.6. The van der Waals surface area contributed by atoms with Gasteiger partial charge in [0.2, 0.25) is 5.60 Å². The van der Waals surface area contributed by atoms with Crippen LogP contribution in [-0.2, 0) is 10.2 Å². The predicted molar refractivity (Wildman–Crippen MR) is 67.7 cm³/mol. The molecular formula is C14H17F3O3. The number of aldehydes is 1. The molecule has 0 amide bonds. The van der Waals surface area contributed by atoms with Crippen LogP contribution >= 0.6 is 0 Å². The van der Waals surface area contributed by atoms with Gasteiger partial charge in [-0.2, -0.15) is 13.2 Å². The fourth-order valence-corrected chi connectivity index (χ4v) is 2.03. The number of alkyl halides is 3. The normalized spacial score (nSPS) is 15.6. The Morgan fingerprint density at radius 1 is 1.20 bits per heavy atom. The van der Waals surface area contributed by atoms with E-state index in [-0.39, 0.29) is 0 Å². The van der Waals surface area contributed by atoms with Gasteiger partial charge in [0.15, 0.2) is 6.29 Å². The Morgan fingerprint density at radius 2 is 1.70 bits per heavy atom. The molecule has 0 saturated carbocycles. The first-order valence-corrected chi connectivity index (χ1v) is 5.96. The number of ether oxygens (including phenoxy) is 1. The van der Waals surface area contributed by atoms with Gasteiger partial charge >= 0.3 is 6.18 Å². The molecule has 20 heavy (non-hydrogen) atoms. The van der Waals surface area contributed by atoms with Gasteiger partial charge in [-0.1, -0.05) is 26.0 Å². The van der Waals surface area contributed by atoms with Crippen molar-refractivity contribution in [1.82, 2.24) is 0 Å². The lowest BCUT2D eigenvalue weighted by molar-refractivity contribution is -0.250. The summed E-state index contributed by atoms with van der Waals surface area (Å²) < 4.78 is 43.3. The van der Waals surface area contributed by atoms with Crippen LogP contribution in [0, 0.1) is 0 Å². The van der Waals surface area contributed by atoms with E-state index < -0.39 is 29.9 Å². The summed E-state index contributed by atoms with van der Waals surface area (Å²) in [4.78, 5) is 10.7. The number of aliphatic hydroxyl groups is 1. The molecule has 1 aromatic carbocycles. The smallest absolute Gasteiger partial charge is 0.424 e. The number of benzene rings is 1. The van der Waals surface area contributed by atoms with Crippen molar-refractivity contribution < 1.29 is 27.8 Å². The van der Waals surface area contributed by atoms with Crippen LogP contribution in [0.1, 0.15) is 25.8 Å². The Hall–Kier alpha value is -1.56. The maximum atomic E-state index is 12.8. The predicted octanol–water partition coefficient (Wildman–Crippen LogP) is 2.86. The van der Waals surface area contributed by atoms with Gasteiger partial charge in [0.05, 0.1) is 7.11 Å². The van der Waals surface area contributed by atoms with Gasteiger partial charge in [-0.25, -0.2) is 0 Å². The highest BCUT2D eigenvalue weighted by Crippen LogP contribution is 2.40. The number of halogens is 3. The summed E-state index contributed by atoms with van der Waals surface area (Å²) in [7, 11) is 1.48. The molecule has 0 unspecified atom stereocenters. The number of hydrogen-bond acceptors (Lipinski definition) is 3. The lowest BCUT2D eigenvalue weighted by atomic mass is 9.75. The summed E-state index contributed by atoms with van der Waals surface area (Å²) >= 11 is 0. The highest BCUT2D eigenvalue weighted by Gasteiger charge is 2.56. The van der Waals surface area contributed by atoms with Crippen molar-refractivity contribution in [2.24, 2.45) is 0 Å². The molecule has 112 valence electrons. The molecule has 0 radical (unpaired) electrons. The van der Waals surface area contributed by atoms with Crippen LogP contribution in [0.15, 0.2) is 24.3 Å². The van der Waals surface area contributed by atoms with E-state index in [1.807, 2.05) is 0 Å². The summed E-state index contributed by atoms with van der Waals surface area (Å²) in [5.74, 6) is 0.575. The molecular weight excluding hydrogens is 273 g/mol. The molecule has 0 aliphatic heterocycles. The first kappa shape index (κ1) is 16.5. The van der Waals surface area contributed by atoms with Crippen LogP contribution in [0.2, 0.25) is 0 Å². The minimum absolute atomic E-state index is 0.446. The van der Waals surface area contributed by atoms with Gasteiger partial charge in [-0.05, 0) is 23.1 Å². The van der Waals surface area contributed by atoms with Crippen molar-refractivity contribution in [3.63, 3.8) is 0 Å². The fraction of sp³-hybridized carbons (Fsp3) is 0.500. The third-order valence-electron chi connectivity index (χ3n) is 3.27. The van der Waals surface area contributed by atoms with Crippen LogP contribution in [0.4, 0.5) is 13.2 Å². The quantitative estimate of drug-likeness (QED) is 0.848. The van der Waals surface area contributed by atoms with Crippen LogP contribution < -0.4 is 4.74 Å². The van der Waals surface area contributed by atoms with Crippen LogP contribution in [-0.4, -0.2) is 30.3 Å². The summed E-state index contributed by atoms with van der Waals surface area (Å²) in [6, 6.07) is 6.45. The average Bonchev–Trinajstić information content (AvgIpc) is 2.37. The zero-order valence-electron chi connectivity index (χ0n) is 11.5. The third-order valence-corrected chi connectivity index (χ3v) is 3.27. The molecule has 1 aromatic rings. The molecule has 0 saturated heterocycles. The van der Waals surface area contributed by atoms with E-state index in [4.69, 9.17) is 4.74 Å². The minimum atomic E-state index is -5.00. The maximum Gasteiger partial charge on any atom is 0.424 e. The fourth-order valence-electron chi connectivity index (χ4n) is 2.03. The minimum Gasteiger partial charge on any atom is -0.497 e. The molecule has 1 N–H and O–H groups in total. The van der Waals surface area contributed by atoms with E-state index in [1.165, 1.54) is 21.0 Å². The van der Waals surface area contributed by atoms with E-state index in [0.29, 0.717) is 11.3 Å². The standard InChI is InChI=1S/C14H17F3O3/c1-12(2,8-13(19,9-18)14(15,16)17)10-4-6-11(20-3)7-5-10/h4-7,9,19H,8H2,1-3H3/t13-/m0/s1. The zero-order valence-corrected chi connectivity index (χ0v) is 11.5. The number of rotatable bonds is 5. The highest BCUT2D eigenvalue weighted by molar-refractivity contribution is 5.64.